The first-order valence-corrected chi connectivity index (χ1v) is 7.16. The second-order valence-electron chi connectivity index (χ2n) is 6.66. The van der Waals surface area contributed by atoms with Gasteiger partial charge in [0.05, 0.1) is 6.42 Å². The van der Waals surface area contributed by atoms with Crippen molar-refractivity contribution >= 4 is 5.97 Å². The first-order chi connectivity index (χ1) is 8.48. The van der Waals surface area contributed by atoms with Gasteiger partial charge >= 0.3 is 5.97 Å². The summed E-state index contributed by atoms with van der Waals surface area (Å²) >= 11 is 0. The van der Waals surface area contributed by atoms with Crippen molar-refractivity contribution in [2.24, 2.45) is 5.41 Å². The van der Waals surface area contributed by atoms with Gasteiger partial charge in [-0.05, 0) is 18.3 Å². The van der Waals surface area contributed by atoms with E-state index >= 15 is 0 Å². The van der Waals surface area contributed by atoms with E-state index in [1.165, 1.54) is 25.7 Å². The van der Waals surface area contributed by atoms with Crippen molar-refractivity contribution in [3.63, 3.8) is 0 Å². The second-order valence-corrected chi connectivity index (χ2v) is 6.66. The molecule has 1 unspecified atom stereocenters. The first kappa shape index (κ1) is 13.8. The molecular weight excluding hydrogens is 228 g/mol. The van der Waals surface area contributed by atoms with Gasteiger partial charge < -0.3 is 10.4 Å². The topological polar surface area (TPSA) is 52.6 Å². The van der Waals surface area contributed by atoms with Crippen LogP contribution in [-0.4, -0.2) is 47.7 Å². The van der Waals surface area contributed by atoms with E-state index in [4.69, 9.17) is 5.11 Å². The average Bonchev–Trinajstić information content (AvgIpc) is 2.72. The van der Waals surface area contributed by atoms with E-state index in [0.29, 0.717) is 6.04 Å². The lowest BCUT2D eigenvalue weighted by Crippen LogP contribution is -2.47. The summed E-state index contributed by atoms with van der Waals surface area (Å²) < 4.78 is 0. The van der Waals surface area contributed by atoms with Crippen molar-refractivity contribution in [3.8, 4) is 0 Å². The third kappa shape index (κ3) is 3.45. The summed E-state index contributed by atoms with van der Waals surface area (Å²) in [5.74, 6) is -0.676. The number of carboxylic acids is 1. The zero-order chi connectivity index (χ0) is 13.2. The molecule has 1 saturated heterocycles. The van der Waals surface area contributed by atoms with Crippen LogP contribution in [0.2, 0.25) is 0 Å². The number of carboxylic acid groups (broad SMARTS) is 1. The Labute approximate surface area is 110 Å². The van der Waals surface area contributed by atoms with E-state index < -0.39 is 5.97 Å². The highest BCUT2D eigenvalue weighted by Gasteiger charge is 2.36. The van der Waals surface area contributed by atoms with Crippen LogP contribution >= 0.6 is 0 Å². The lowest BCUT2D eigenvalue weighted by atomic mass is 9.92. The van der Waals surface area contributed by atoms with Crippen molar-refractivity contribution in [3.05, 3.63) is 0 Å². The summed E-state index contributed by atoms with van der Waals surface area (Å²) in [6.07, 6.45) is 5.35. The molecule has 1 atom stereocenters. The number of nitrogens with zero attached hydrogens (tertiary/aromatic N) is 1. The van der Waals surface area contributed by atoms with Gasteiger partial charge in [0.15, 0.2) is 0 Å². The van der Waals surface area contributed by atoms with Gasteiger partial charge in [-0.3, -0.25) is 9.69 Å². The number of hydrogen-bond donors (Lipinski definition) is 2. The molecular formula is C14H26N2O2. The predicted octanol–water partition coefficient (Wildman–Crippen LogP) is 1.70. The SMILES string of the molecule is CC1(C)CNCC(CC(=O)O)N(C2CCCC2)C1. The fourth-order valence-electron chi connectivity index (χ4n) is 3.43. The number of aliphatic carboxylic acids is 1. The van der Waals surface area contributed by atoms with Crippen molar-refractivity contribution < 1.29 is 9.90 Å². The molecule has 2 N–H and O–H groups in total. The molecule has 2 rings (SSSR count). The minimum absolute atomic E-state index is 0.160. The Kier molecular flexibility index (Phi) is 4.28. The van der Waals surface area contributed by atoms with Crippen LogP contribution in [0.25, 0.3) is 0 Å². The van der Waals surface area contributed by atoms with Gasteiger partial charge in [-0.15, -0.1) is 0 Å². The number of carbonyl (C=O) groups is 1. The Morgan fingerprint density at radius 2 is 2.06 bits per heavy atom. The van der Waals surface area contributed by atoms with Crippen molar-refractivity contribution in [1.82, 2.24) is 10.2 Å². The average molecular weight is 254 g/mol. The summed E-state index contributed by atoms with van der Waals surface area (Å²) in [5.41, 5.74) is 0.232. The van der Waals surface area contributed by atoms with Crippen LogP contribution in [0.4, 0.5) is 0 Å². The van der Waals surface area contributed by atoms with Gasteiger partial charge in [-0.25, -0.2) is 0 Å². The summed E-state index contributed by atoms with van der Waals surface area (Å²) in [4.78, 5) is 13.5. The van der Waals surface area contributed by atoms with Gasteiger partial charge in [0, 0.05) is 31.7 Å². The van der Waals surface area contributed by atoms with Crippen molar-refractivity contribution in [2.75, 3.05) is 19.6 Å². The largest absolute Gasteiger partial charge is 0.481 e. The molecule has 1 heterocycles. The smallest absolute Gasteiger partial charge is 0.304 e. The molecule has 104 valence electrons. The van der Waals surface area contributed by atoms with Crippen molar-refractivity contribution in [1.29, 1.82) is 0 Å². The Balaban J connectivity index is 2.11. The molecule has 2 fully saturated rings. The van der Waals surface area contributed by atoms with E-state index in [1.807, 2.05) is 0 Å². The molecule has 1 aliphatic carbocycles. The molecule has 0 aromatic heterocycles. The van der Waals surface area contributed by atoms with Crippen LogP contribution in [0, 0.1) is 5.41 Å². The van der Waals surface area contributed by atoms with Gasteiger partial charge in [0.25, 0.3) is 0 Å². The van der Waals surface area contributed by atoms with E-state index in [2.05, 4.69) is 24.1 Å². The van der Waals surface area contributed by atoms with Gasteiger partial charge in [0.1, 0.15) is 0 Å². The first-order valence-electron chi connectivity index (χ1n) is 7.16. The Hall–Kier alpha value is -0.610. The third-order valence-electron chi connectivity index (χ3n) is 4.27. The fourth-order valence-corrected chi connectivity index (χ4v) is 3.43. The molecule has 0 bridgehead atoms. The van der Waals surface area contributed by atoms with E-state index in [-0.39, 0.29) is 17.9 Å². The molecule has 2 aliphatic rings. The van der Waals surface area contributed by atoms with Crippen LogP contribution in [0.5, 0.6) is 0 Å². The molecule has 18 heavy (non-hydrogen) atoms. The van der Waals surface area contributed by atoms with Crippen LogP contribution in [0.15, 0.2) is 0 Å². The number of nitrogens with one attached hydrogen (secondary N) is 1. The normalized spacial score (nSPS) is 30.2. The lowest BCUT2D eigenvalue weighted by molar-refractivity contribution is -0.138. The van der Waals surface area contributed by atoms with Crippen LogP contribution < -0.4 is 5.32 Å². The quantitative estimate of drug-likeness (QED) is 0.805. The molecule has 0 aromatic rings. The van der Waals surface area contributed by atoms with Crippen LogP contribution in [-0.2, 0) is 4.79 Å². The second kappa shape index (κ2) is 5.57. The Morgan fingerprint density at radius 3 is 2.67 bits per heavy atom. The maximum atomic E-state index is 11.0. The molecule has 0 aromatic carbocycles. The summed E-state index contributed by atoms with van der Waals surface area (Å²) in [6.45, 7) is 7.34. The fraction of sp³-hybridized carbons (Fsp3) is 0.929. The molecule has 1 saturated carbocycles. The van der Waals surface area contributed by atoms with Crippen molar-refractivity contribution in [2.45, 2.75) is 58.0 Å². The molecule has 0 spiro atoms. The minimum Gasteiger partial charge on any atom is -0.481 e. The van der Waals surface area contributed by atoms with Gasteiger partial charge in [0.2, 0.25) is 0 Å². The Morgan fingerprint density at radius 1 is 1.39 bits per heavy atom. The number of rotatable bonds is 3. The monoisotopic (exact) mass is 254 g/mol. The lowest BCUT2D eigenvalue weighted by Gasteiger charge is -2.37. The molecule has 0 amide bonds. The van der Waals surface area contributed by atoms with E-state index in [0.717, 1.165) is 19.6 Å². The van der Waals surface area contributed by atoms with Crippen LogP contribution in [0.1, 0.15) is 46.0 Å². The summed E-state index contributed by atoms with van der Waals surface area (Å²) in [6, 6.07) is 0.765. The highest BCUT2D eigenvalue weighted by atomic mass is 16.4. The van der Waals surface area contributed by atoms with Gasteiger partial charge in [-0.1, -0.05) is 26.7 Å². The van der Waals surface area contributed by atoms with E-state index in [1.54, 1.807) is 0 Å². The minimum atomic E-state index is -0.676. The molecule has 1 aliphatic heterocycles. The van der Waals surface area contributed by atoms with E-state index in [9.17, 15) is 4.79 Å². The maximum absolute atomic E-state index is 11.0. The standard InChI is InChI=1S/C14H26N2O2/c1-14(2)9-15-8-12(7-13(17)18)16(10-14)11-5-3-4-6-11/h11-12,15H,3-10H2,1-2H3,(H,17,18). The highest BCUT2D eigenvalue weighted by molar-refractivity contribution is 5.67. The van der Waals surface area contributed by atoms with Crippen LogP contribution in [0.3, 0.4) is 0 Å². The highest BCUT2D eigenvalue weighted by Crippen LogP contribution is 2.30. The van der Waals surface area contributed by atoms with Gasteiger partial charge in [-0.2, -0.15) is 0 Å². The predicted molar refractivity (Wildman–Crippen MR) is 71.7 cm³/mol. The molecule has 4 nitrogen and oxygen atoms in total. The zero-order valence-electron chi connectivity index (χ0n) is 11.6. The summed E-state index contributed by atoms with van der Waals surface area (Å²) in [5, 5.41) is 12.5. The maximum Gasteiger partial charge on any atom is 0.304 e. The molecule has 4 heteroatoms. The zero-order valence-corrected chi connectivity index (χ0v) is 11.6. The molecule has 0 radical (unpaired) electrons. The Bertz CT molecular complexity index is 298. The summed E-state index contributed by atoms with van der Waals surface area (Å²) in [7, 11) is 0. The third-order valence-corrected chi connectivity index (χ3v) is 4.27. The number of hydrogen-bond acceptors (Lipinski definition) is 3.